The molecule has 0 spiro atoms. The van der Waals surface area contributed by atoms with Gasteiger partial charge in [-0.25, -0.2) is 4.79 Å². The van der Waals surface area contributed by atoms with Gasteiger partial charge in [-0.3, -0.25) is 15.0 Å². The Hall–Kier alpha value is -1.14. The molecule has 1 rings (SSSR count). The fourth-order valence-corrected chi connectivity index (χ4v) is 2.61. The summed E-state index contributed by atoms with van der Waals surface area (Å²) in [5, 5.41) is 8.50. The summed E-state index contributed by atoms with van der Waals surface area (Å²) in [7, 11) is 0. The van der Waals surface area contributed by atoms with Crippen LogP contribution < -0.4 is 16.0 Å². The van der Waals surface area contributed by atoms with Crippen molar-refractivity contribution >= 4 is 11.9 Å². The average molecular weight is 298 g/mol. The molecule has 0 bridgehead atoms. The highest BCUT2D eigenvalue weighted by atomic mass is 16.2. The molecule has 122 valence electrons. The van der Waals surface area contributed by atoms with E-state index in [1.807, 2.05) is 13.8 Å². The molecule has 0 radical (unpaired) electrons. The van der Waals surface area contributed by atoms with E-state index in [1.54, 1.807) is 0 Å². The van der Waals surface area contributed by atoms with E-state index in [4.69, 9.17) is 0 Å². The summed E-state index contributed by atoms with van der Waals surface area (Å²) in [5.41, 5.74) is 0. The molecular formula is C15H30N4O2. The highest BCUT2D eigenvalue weighted by Gasteiger charge is 2.21. The first-order valence-electron chi connectivity index (χ1n) is 7.93. The number of hydrogen-bond acceptors (Lipinski definition) is 4. The van der Waals surface area contributed by atoms with Crippen LogP contribution >= 0.6 is 0 Å². The number of hydrogen-bond donors (Lipinski definition) is 3. The lowest BCUT2D eigenvalue weighted by Gasteiger charge is -2.26. The van der Waals surface area contributed by atoms with E-state index in [0.717, 1.165) is 26.1 Å². The number of amides is 3. The molecule has 6 heteroatoms. The smallest absolute Gasteiger partial charge is 0.321 e. The number of nitrogens with one attached hydrogen (secondary N) is 3. The summed E-state index contributed by atoms with van der Waals surface area (Å²) in [4.78, 5) is 25.6. The fourth-order valence-electron chi connectivity index (χ4n) is 2.61. The van der Waals surface area contributed by atoms with Gasteiger partial charge in [0.05, 0.1) is 6.54 Å². The van der Waals surface area contributed by atoms with Crippen LogP contribution in [0.2, 0.25) is 0 Å². The van der Waals surface area contributed by atoms with Crippen molar-refractivity contribution in [2.45, 2.75) is 52.6 Å². The molecule has 1 unspecified atom stereocenters. The second kappa shape index (κ2) is 9.00. The van der Waals surface area contributed by atoms with Crippen molar-refractivity contribution in [1.82, 2.24) is 20.9 Å². The molecule has 1 heterocycles. The quantitative estimate of drug-likeness (QED) is 0.654. The Labute approximate surface area is 128 Å². The van der Waals surface area contributed by atoms with E-state index in [9.17, 15) is 9.59 Å². The van der Waals surface area contributed by atoms with Crippen LogP contribution in [0.3, 0.4) is 0 Å². The predicted octanol–water partition coefficient (Wildman–Crippen LogP) is 0.931. The Morgan fingerprint density at radius 3 is 2.52 bits per heavy atom. The minimum absolute atomic E-state index is 0.0206. The van der Waals surface area contributed by atoms with Crippen LogP contribution in [0.4, 0.5) is 4.79 Å². The van der Waals surface area contributed by atoms with E-state index in [-0.39, 0.29) is 18.5 Å². The van der Waals surface area contributed by atoms with Gasteiger partial charge in [0.25, 0.3) is 0 Å². The van der Waals surface area contributed by atoms with Gasteiger partial charge in [-0.1, -0.05) is 13.8 Å². The highest BCUT2D eigenvalue weighted by molar-refractivity contribution is 5.95. The molecule has 1 fully saturated rings. The van der Waals surface area contributed by atoms with E-state index in [2.05, 4.69) is 34.7 Å². The van der Waals surface area contributed by atoms with Gasteiger partial charge in [-0.2, -0.15) is 0 Å². The number of nitrogens with zero attached hydrogens (tertiary/aromatic N) is 1. The summed E-state index contributed by atoms with van der Waals surface area (Å²) < 4.78 is 0. The number of rotatable bonds is 7. The molecule has 0 aliphatic carbocycles. The van der Waals surface area contributed by atoms with Gasteiger partial charge >= 0.3 is 6.03 Å². The number of carbonyl (C=O) groups excluding carboxylic acids is 2. The van der Waals surface area contributed by atoms with Crippen LogP contribution in [0.25, 0.3) is 0 Å². The van der Waals surface area contributed by atoms with Gasteiger partial charge < -0.3 is 10.6 Å². The molecule has 6 nitrogen and oxygen atoms in total. The first kappa shape index (κ1) is 17.9. The first-order chi connectivity index (χ1) is 9.86. The Morgan fingerprint density at radius 2 is 2.00 bits per heavy atom. The van der Waals surface area contributed by atoms with Crippen LogP contribution in [-0.4, -0.2) is 55.1 Å². The molecule has 0 aromatic carbocycles. The van der Waals surface area contributed by atoms with Gasteiger partial charge in [0, 0.05) is 25.2 Å². The van der Waals surface area contributed by atoms with Crippen LogP contribution in [-0.2, 0) is 4.79 Å². The molecular weight excluding hydrogens is 268 g/mol. The minimum atomic E-state index is -0.418. The monoisotopic (exact) mass is 298 g/mol. The largest absolute Gasteiger partial charge is 0.336 e. The summed E-state index contributed by atoms with van der Waals surface area (Å²) in [5.74, 6) is 0.246. The topological polar surface area (TPSA) is 73.5 Å². The SMILES string of the molecule is CC(C)CN(CC(=O)NC(=O)NC(C)C)CC1CCCN1. The normalized spacial score (nSPS) is 18.5. The lowest BCUT2D eigenvalue weighted by molar-refractivity contribution is -0.121. The highest BCUT2D eigenvalue weighted by Crippen LogP contribution is 2.08. The molecule has 21 heavy (non-hydrogen) atoms. The second-order valence-electron chi connectivity index (χ2n) is 6.56. The van der Waals surface area contributed by atoms with Crippen molar-refractivity contribution in [3.8, 4) is 0 Å². The Kier molecular flexibility index (Phi) is 7.67. The zero-order valence-corrected chi connectivity index (χ0v) is 13.7. The van der Waals surface area contributed by atoms with Crippen LogP contribution in [0.1, 0.15) is 40.5 Å². The van der Waals surface area contributed by atoms with Gasteiger partial charge in [0.15, 0.2) is 0 Å². The van der Waals surface area contributed by atoms with Crippen LogP contribution in [0.15, 0.2) is 0 Å². The van der Waals surface area contributed by atoms with Gasteiger partial charge in [-0.15, -0.1) is 0 Å². The fraction of sp³-hybridized carbons (Fsp3) is 0.867. The maximum absolute atomic E-state index is 12.0. The van der Waals surface area contributed by atoms with E-state index >= 15 is 0 Å². The van der Waals surface area contributed by atoms with Gasteiger partial charge in [0.1, 0.15) is 0 Å². The number of imide groups is 1. The third kappa shape index (κ3) is 8.02. The maximum Gasteiger partial charge on any atom is 0.321 e. The molecule has 1 saturated heterocycles. The second-order valence-corrected chi connectivity index (χ2v) is 6.56. The van der Waals surface area contributed by atoms with Crippen molar-refractivity contribution < 1.29 is 9.59 Å². The molecule has 3 amide bonds. The third-order valence-electron chi connectivity index (χ3n) is 3.30. The molecule has 0 saturated carbocycles. The lowest BCUT2D eigenvalue weighted by atomic mass is 10.1. The minimum Gasteiger partial charge on any atom is -0.336 e. The lowest BCUT2D eigenvalue weighted by Crippen LogP contribution is -2.48. The van der Waals surface area contributed by atoms with Crippen LogP contribution in [0, 0.1) is 5.92 Å². The first-order valence-corrected chi connectivity index (χ1v) is 7.93. The summed E-state index contributed by atoms with van der Waals surface area (Å²) in [6.45, 7) is 11.0. The Bertz CT molecular complexity index is 339. The van der Waals surface area contributed by atoms with Crippen molar-refractivity contribution in [3.05, 3.63) is 0 Å². The molecule has 0 aromatic heterocycles. The molecule has 1 aliphatic rings. The summed E-state index contributed by atoms with van der Waals surface area (Å²) in [6, 6.07) is 0.0618. The van der Waals surface area contributed by atoms with Crippen molar-refractivity contribution in [1.29, 1.82) is 0 Å². The van der Waals surface area contributed by atoms with Crippen LogP contribution in [0.5, 0.6) is 0 Å². The standard InChI is InChI=1S/C15H30N4O2/c1-11(2)8-19(9-13-6-5-7-16-13)10-14(20)18-15(21)17-12(3)4/h11-13,16H,5-10H2,1-4H3,(H2,17,18,20,21). The molecule has 3 N–H and O–H groups in total. The zero-order chi connectivity index (χ0) is 15.8. The molecule has 0 aromatic rings. The predicted molar refractivity (Wildman–Crippen MR) is 84.1 cm³/mol. The van der Waals surface area contributed by atoms with Crippen molar-refractivity contribution in [2.24, 2.45) is 5.92 Å². The Morgan fingerprint density at radius 1 is 1.29 bits per heavy atom. The van der Waals surface area contributed by atoms with E-state index < -0.39 is 6.03 Å². The average Bonchev–Trinajstić information content (AvgIpc) is 2.78. The van der Waals surface area contributed by atoms with Gasteiger partial charge in [-0.05, 0) is 39.2 Å². The van der Waals surface area contributed by atoms with Crippen molar-refractivity contribution in [2.75, 3.05) is 26.2 Å². The third-order valence-corrected chi connectivity index (χ3v) is 3.30. The summed E-state index contributed by atoms with van der Waals surface area (Å²) >= 11 is 0. The number of urea groups is 1. The molecule has 1 atom stereocenters. The summed E-state index contributed by atoms with van der Waals surface area (Å²) in [6.07, 6.45) is 2.35. The van der Waals surface area contributed by atoms with E-state index in [0.29, 0.717) is 12.0 Å². The van der Waals surface area contributed by atoms with Gasteiger partial charge in [0.2, 0.25) is 5.91 Å². The molecule has 1 aliphatic heterocycles. The zero-order valence-electron chi connectivity index (χ0n) is 13.7. The van der Waals surface area contributed by atoms with Crippen molar-refractivity contribution in [3.63, 3.8) is 0 Å². The Balaban J connectivity index is 2.42. The maximum atomic E-state index is 12.0. The number of carbonyl (C=O) groups is 2. The van der Waals surface area contributed by atoms with E-state index in [1.165, 1.54) is 6.42 Å².